The number of hydrogen-bond acceptors (Lipinski definition) is 2. The van der Waals surface area contributed by atoms with Gasteiger partial charge in [0.1, 0.15) is 0 Å². The zero-order chi connectivity index (χ0) is 15.2. The molecule has 2 heteroatoms. The molecule has 0 fully saturated rings. The van der Waals surface area contributed by atoms with Crippen LogP contribution in [-0.4, -0.2) is 18.3 Å². The first-order chi connectivity index (χ1) is 10.4. The largest absolute Gasteiger partial charge is 0.394 e. The van der Waals surface area contributed by atoms with E-state index < -0.39 is 0 Å². The standard InChI is InChI=1S/C19H33NO/c1-2-3-4-5-6-7-8-9-13-16-20-19(17-21)18-14-11-10-12-15-18/h10-12,14-15,19-21H,2-9,13,16-17H2,1H3/t19-/m1/s1. The van der Waals surface area contributed by atoms with Crippen LogP contribution in [0, 0.1) is 0 Å². The number of unbranched alkanes of at least 4 members (excludes halogenated alkanes) is 8. The second-order valence-electron chi connectivity index (χ2n) is 5.93. The van der Waals surface area contributed by atoms with Crippen LogP contribution >= 0.6 is 0 Å². The van der Waals surface area contributed by atoms with E-state index in [1.807, 2.05) is 18.2 Å². The Hall–Kier alpha value is -0.860. The highest BCUT2D eigenvalue weighted by Crippen LogP contribution is 2.12. The molecule has 0 spiro atoms. The third-order valence-electron chi connectivity index (χ3n) is 4.06. The molecule has 0 saturated carbocycles. The highest BCUT2D eigenvalue weighted by molar-refractivity contribution is 5.18. The normalized spacial score (nSPS) is 12.5. The molecule has 0 aliphatic carbocycles. The van der Waals surface area contributed by atoms with Gasteiger partial charge in [-0.25, -0.2) is 0 Å². The molecule has 21 heavy (non-hydrogen) atoms. The Bertz CT molecular complexity index is 326. The van der Waals surface area contributed by atoms with E-state index in [2.05, 4.69) is 24.4 Å². The summed E-state index contributed by atoms with van der Waals surface area (Å²) >= 11 is 0. The number of aliphatic hydroxyl groups is 1. The monoisotopic (exact) mass is 291 g/mol. The molecule has 0 aliphatic heterocycles. The van der Waals surface area contributed by atoms with Crippen molar-refractivity contribution in [3.8, 4) is 0 Å². The Balaban J connectivity index is 1.98. The summed E-state index contributed by atoms with van der Waals surface area (Å²) < 4.78 is 0. The number of benzene rings is 1. The molecule has 2 N–H and O–H groups in total. The molecular weight excluding hydrogens is 258 g/mol. The zero-order valence-corrected chi connectivity index (χ0v) is 13.7. The summed E-state index contributed by atoms with van der Waals surface area (Å²) in [4.78, 5) is 0. The third-order valence-corrected chi connectivity index (χ3v) is 4.06. The molecule has 0 aliphatic rings. The van der Waals surface area contributed by atoms with Gasteiger partial charge in [-0.05, 0) is 18.5 Å². The van der Waals surface area contributed by atoms with E-state index in [1.54, 1.807) is 0 Å². The zero-order valence-electron chi connectivity index (χ0n) is 13.7. The molecular formula is C19H33NO. The van der Waals surface area contributed by atoms with Crippen LogP contribution in [0.25, 0.3) is 0 Å². The maximum absolute atomic E-state index is 9.46. The van der Waals surface area contributed by atoms with E-state index in [9.17, 15) is 5.11 Å². The molecule has 0 bridgehead atoms. The van der Waals surface area contributed by atoms with Gasteiger partial charge in [-0.2, -0.15) is 0 Å². The minimum atomic E-state index is 0.0836. The summed E-state index contributed by atoms with van der Waals surface area (Å²) in [6.45, 7) is 3.43. The summed E-state index contributed by atoms with van der Waals surface area (Å²) in [5.41, 5.74) is 1.18. The molecule has 1 atom stereocenters. The number of hydrogen-bond donors (Lipinski definition) is 2. The van der Waals surface area contributed by atoms with Crippen LogP contribution in [0.15, 0.2) is 30.3 Å². The second kappa shape index (κ2) is 12.8. The van der Waals surface area contributed by atoms with E-state index >= 15 is 0 Å². The first-order valence-corrected chi connectivity index (χ1v) is 8.77. The van der Waals surface area contributed by atoms with Gasteiger partial charge in [0.05, 0.1) is 12.6 Å². The average Bonchev–Trinajstić information content (AvgIpc) is 2.54. The van der Waals surface area contributed by atoms with E-state index in [0.717, 1.165) is 6.54 Å². The SMILES string of the molecule is CCCCCCCCCCCN[C@H](CO)c1ccccc1. The van der Waals surface area contributed by atoms with Crippen LogP contribution in [0.3, 0.4) is 0 Å². The van der Waals surface area contributed by atoms with Crippen LogP contribution in [0.5, 0.6) is 0 Å². The Morgan fingerprint density at radius 2 is 1.43 bits per heavy atom. The van der Waals surface area contributed by atoms with Crippen molar-refractivity contribution in [2.24, 2.45) is 0 Å². The molecule has 0 aromatic heterocycles. The van der Waals surface area contributed by atoms with Gasteiger partial charge in [0, 0.05) is 0 Å². The summed E-state index contributed by atoms with van der Waals surface area (Å²) in [6.07, 6.45) is 12.2. The van der Waals surface area contributed by atoms with Gasteiger partial charge in [0.15, 0.2) is 0 Å². The molecule has 0 amide bonds. The van der Waals surface area contributed by atoms with E-state index in [1.165, 1.54) is 63.4 Å². The number of nitrogens with one attached hydrogen (secondary N) is 1. The maximum Gasteiger partial charge on any atom is 0.0626 e. The van der Waals surface area contributed by atoms with Crippen molar-refractivity contribution in [2.75, 3.05) is 13.2 Å². The fourth-order valence-corrected chi connectivity index (χ4v) is 2.69. The van der Waals surface area contributed by atoms with Gasteiger partial charge in [-0.1, -0.05) is 88.6 Å². The lowest BCUT2D eigenvalue weighted by molar-refractivity contribution is 0.244. The van der Waals surface area contributed by atoms with Crippen LogP contribution < -0.4 is 5.32 Å². The van der Waals surface area contributed by atoms with Gasteiger partial charge in [-0.3, -0.25) is 0 Å². The lowest BCUT2D eigenvalue weighted by Crippen LogP contribution is -2.25. The van der Waals surface area contributed by atoms with E-state index in [0.29, 0.717) is 0 Å². The highest BCUT2D eigenvalue weighted by atomic mass is 16.3. The van der Waals surface area contributed by atoms with Crippen molar-refractivity contribution >= 4 is 0 Å². The molecule has 1 aromatic rings. The molecule has 120 valence electrons. The predicted molar refractivity (Wildman–Crippen MR) is 91.5 cm³/mol. The second-order valence-corrected chi connectivity index (χ2v) is 5.93. The summed E-state index contributed by atoms with van der Waals surface area (Å²) in [6, 6.07) is 10.3. The molecule has 0 heterocycles. The van der Waals surface area contributed by atoms with Gasteiger partial charge >= 0.3 is 0 Å². The van der Waals surface area contributed by atoms with Crippen LogP contribution in [0.2, 0.25) is 0 Å². The van der Waals surface area contributed by atoms with Crippen LogP contribution in [0.4, 0.5) is 0 Å². The lowest BCUT2D eigenvalue weighted by Gasteiger charge is -2.16. The average molecular weight is 291 g/mol. The van der Waals surface area contributed by atoms with Gasteiger partial charge < -0.3 is 10.4 Å². The Morgan fingerprint density at radius 3 is 2.00 bits per heavy atom. The maximum atomic E-state index is 9.46. The van der Waals surface area contributed by atoms with Crippen LogP contribution in [-0.2, 0) is 0 Å². The summed E-state index contributed by atoms with van der Waals surface area (Å²) in [5, 5.41) is 12.9. The Morgan fingerprint density at radius 1 is 0.857 bits per heavy atom. The number of rotatable bonds is 13. The smallest absolute Gasteiger partial charge is 0.0626 e. The van der Waals surface area contributed by atoms with Crippen molar-refractivity contribution in [1.82, 2.24) is 5.32 Å². The quantitative estimate of drug-likeness (QED) is 0.510. The molecule has 1 aromatic carbocycles. The van der Waals surface area contributed by atoms with Crippen LogP contribution in [0.1, 0.15) is 76.3 Å². The van der Waals surface area contributed by atoms with Gasteiger partial charge in [0.2, 0.25) is 0 Å². The first-order valence-electron chi connectivity index (χ1n) is 8.77. The minimum absolute atomic E-state index is 0.0836. The predicted octanol–water partition coefficient (Wildman–Crippen LogP) is 4.84. The van der Waals surface area contributed by atoms with Gasteiger partial charge in [0.25, 0.3) is 0 Å². The lowest BCUT2D eigenvalue weighted by atomic mass is 10.1. The summed E-state index contributed by atoms with van der Waals surface area (Å²) in [5.74, 6) is 0. The molecule has 0 radical (unpaired) electrons. The third kappa shape index (κ3) is 8.90. The fourth-order valence-electron chi connectivity index (χ4n) is 2.69. The molecule has 0 saturated heterocycles. The topological polar surface area (TPSA) is 32.3 Å². The van der Waals surface area contributed by atoms with E-state index in [-0.39, 0.29) is 12.6 Å². The van der Waals surface area contributed by atoms with Crippen molar-refractivity contribution in [2.45, 2.75) is 70.8 Å². The van der Waals surface area contributed by atoms with Crippen molar-refractivity contribution in [3.05, 3.63) is 35.9 Å². The fraction of sp³-hybridized carbons (Fsp3) is 0.684. The van der Waals surface area contributed by atoms with Crippen molar-refractivity contribution in [1.29, 1.82) is 0 Å². The Kier molecular flexibility index (Phi) is 11.1. The van der Waals surface area contributed by atoms with E-state index in [4.69, 9.17) is 0 Å². The van der Waals surface area contributed by atoms with Gasteiger partial charge in [-0.15, -0.1) is 0 Å². The minimum Gasteiger partial charge on any atom is -0.394 e. The van der Waals surface area contributed by atoms with Crippen molar-refractivity contribution < 1.29 is 5.11 Å². The molecule has 2 nitrogen and oxygen atoms in total. The highest BCUT2D eigenvalue weighted by Gasteiger charge is 2.07. The Labute approximate surface area is 131 Å². The summed E-state index contributed by atoms with van der Waals surface area (Å²) in [7, 11) is 0. The first kappa shape index (κ1) is 18.2. The molecule has 0 unspecified atom stereocenters. The van der Waals surface area contributed by atoms with Crippen molar-refractivity contribution in [3.63, 3.8) is 0 Å². The molecule has 1 rings (SSSR count). The number of aliphatic hydroxyl groups excluding tert-OH is 1.